The maximum atomic E-state index is 15.0. The van der Waals surface area contributed by atoms with E-state index >= 15 is 4.39 Å². The van der Waals surface area contributed by atoms with E-state index in [9.17, 15) is 9.90 Å². The van der Waals surface area contributed by atoms with Gasteiger partial charge in [0.15, 0.2) is 17.1 Å². The zero-order valence-electron chi connectivity index (χ0n) is 18.1. The average molecular weight is 439 g/mol. The van der Waals surface area contributed by atoms with Gasteiger partial charge in [-0.3, -0.25) is 4.79 Å². The van der Waals surface area contributed by atoms with Crippen molar-refractivity contribution in [3.05, 3.63) is 40.4 Å². The Bertz CT molecular complexity index is 1200. The number of hydrogen-bond donors (Lipinski definition) is 2. The van der Waals surface area contributed by atoms with Gasteiger partial charge in [-0.1, -0.05) is 13.3 Å². The molecule has 0 radical (unpaired) electrons. The fourth-order valence-electron chi connectivity index (χ4n) is 4.87. The Kier molecular flexibility index (Phi) is 5.28. The topological polar surface area (TPSA) is 104 Å². The Morgan fingerprint density at radius 3 is 2.88 bits per heavy atom. The highest BCUT2D eigenvalue weighted by Gasteiger charge is 2.42. The van der Waals surface area contributed by atoms with Crippen molar-refractivity contribution < 1.29 is 13.9 Å². The van der Waals surface area contributed by atoms with Crippen LogP contribution in [0.3, 0.4) is 0 Å². The van der Waals surface area contributed by atoms with E-state index in [1.165, 1.54) is 24.4 Å². The zero-order valence-corrected chi connectivity index (χ0v) is 18.1. The minimum atomic E-state index is -0.991. The van der Waals surface area contributed by atoms with Gasteiger partial charge in [0.1, 0.15) is 23.3 Å². The van der Waals surface area contributed by atoms with Crippen LogP contribution >= 0.6 is 0 Å². The number of hydrogen-bond acceptors (Lipinski definition) is 8. The molecule has 2 aliphatic rings. The van der Waals surface area contributed by atoms with Crippen molar-refractivity contribution in [1.29, 1.82) is 0 Å². The molecule has 2 aromatic heterocycles. The number of halogens is 1. The minimum absolute atomic E-state index is 0.105. The first-order valence-corrected chi connectivity index (χ1v) is 11.1. The number of fused-ring (bicyclic) bond motifs is 3. The summed E-state index contributed by atoms with van der Waals surface area (Å²) in [6.45, 7) is 1.89. The summed E-state index contributed by atoms with van der Waals surface area (Å²) in [5.74, 6) is 1.09. The van der Waals surface area contributed by atoms with Crippen molar-refractivity contribution in [3.8, 4) is 17.1 Å². The Morgan fingerprint density at radius 1 is 1.28 bits per heavy atom. The summed E-state index contributed by atoms with van der Waals surface area (Å²) in [6, 6.07) is 4.27. The number of aromatic hydroxyl groups is 1. The van der Waals surface area contributed by atoms with E-state index in [4.69, 9.17) is 4.42 Å². The lowest BCUT2D eigenvalue weighted by molar-refractivity contribution is 0.107. The highest BCUT2D eigenvalue weighted by molar-refractivity contribution is 5.85. The lowest BCUT2D eigenvalue weighted by atomic mass is 9.82. The van der Waals surface area contributed by atoms with Crippen molar-refractivity contribution in [1.82, 2.24) is 20.5 Å². The average Bonchev–Trinajstić information content (AvgIpc) is 2.81. The number of nitrogens with one attached hydrogen (secondary N) is 1. The van der Waals surface area contributed by atoms with Crippen LogP contribution in [0.25, 0.3) is 22.4 Å². The zero-order chi connectivity index (χ0) is 22.4. The number of aryl methyl sites for hydroxylation is 1. The molecule has 9 heteroatoms. The van der Waals surface area contributed by atoms with Crippen molar-refractivity contribution in [2.75, 3.05) is 11.9 Å². The highest BCUT2D eigenvalue weighted by Crippen LogP contribution is 2.33. The van der Waals surface area contributed by atoms with E-state index in [-0.39, 0.29) is 34.6 Å². The summed E-state index contributed by atoms with van der Waals surface area (Å²) in [6.07, 6.45) is 4.79. The van der Waals surface area contributed by atoms with E-state index in [0.29, 0.717) is 41.4 Å². The van der Waals surface area contributed by atoms with Gasteiger partial charge in [-0.25, -0.2) is 9.37 Å². The summed E-state index contributed by atoms with van der Waals surface area (Å²) in [7, 11) is 1.81. The smallest absolute Gasteiger partial charge is 0.192 e. The summed E-state index contributed by atoms with van der Waals surface area (Å²) >= 11 is 0. The van der Waals surface area contributed by atoms with Crippen molar-refractivity contribution in [2.24, 2.45) is 0 Å². The Hall–Kier alpha value is -3.07. The fraction of sp³-hybridized carbons (Fsp3) is 0.478. The number of alkyl halides is 1. The molecule has 5 rings (SSSR count). The van der Waals surface area contributed by atoms with Crippen LogP contribution in [0.1, 0.15) is 38.4 Å². The number of nitrogens with zero attached hydrogens (tertiary/aromatic N) is 4. The molecular weight excluding hydrogens is 413 g/mol. The Morgan fingerprint density at radius 2 is 2.12 bits per heavy atom. The van der Waals surface area contributed by atoms with Crippen LogP contribution in [0, 0.1) is 0 Å². The third-order valence-corrected chi connectivity index (χ3v) is 6.69. The highest BCUT2D eigenvalue weighted by atomic mass is 19.1. The van der Waals surface area contributed by atoms with E-state index in [0.717, 1.165) is 19.3 Å². The van der Waals surface area contributed by atoms with Gasteiger partial charge in [0.2, 0.25) is 0 Å². The molecule has 0 spiro atoms. The normalized spacial score (nSPS) is 25.1. The van der Waals surface area contributed by atoms with E-state index in [1.807, 2.05) is 18.9 Å². The maximum absolute atomic E-state index is 15.0. The molecule has 32 heavy (non-hydrogen) atoms. The third-order valence-electron chi connectivity index (χ3n) is 6.69. The lowest BCUT2D eigenvalue weighted by Crippen LogP contribution is -2.61. The molecular formula is C23H26FN5O3. The van der Waals surface area contributed by atoms with Gasteiger partial charge in [0.25, 0.3) is 0 Å². The second kappa shape index (κ2) is 8.12. The molecule has 2 aliphatic heterocycles. The van der Waals surface area contributed by atoms with Crippen LogP contribution in [-0.4, -0.2) is 51.6 Å². The molecule has 168 valence electrons. The first-order valence-electron chi connectivity index (χ1n) is 11.1. The molecule has 2 saturated heterocycles. The molecule has 2 N–H and O–H groups in total. The van der Waals surface area contributed by atoms with Crippen LogP contribution in [0.5, 0.6) is 5.75 Å². The molecule has 4 heterocycles. The van der Waals surface area contributed by atoms with Crippen LogP contribution in [0.15, 0.2) is 33.6 Å². The standard InChI is InChI=1S/C23H26FN5O3/c1-3-13-8-18(30)14-9-15(19(31)10-20(14)32-13)23-25-11-21(27-28-23)29(2)17-7-12-5-4-6-16(26-12)22(17)24/h8-12,16-17,22,26,31H,3-7H2,1-2H3/t12?,16?,17-,22+/m0/s1. The number of phenols is 1. The number of phenolic OH excluding ortho intramolecular Hbond substituents is 1. The lowest BCUT2D eigenvalue weighted by Gasteiger charge is -2.45. The van der Waals surface area contributed by atoms with Gasteiger partial charge in [-0.05, 0) is 25.3 Å². The van der Waals surface area contributed by atoms with Gasteiger partial charge >= 0.3 is 0 Å². The Balaban J connectivity index is 1.43. The van der Waals surface area contributed by atoms with Crippen LogP contribution in [-0.2, 0) is 6.42 Å². The second-order valence-electron chi connectivity index (χ2n) is 8.70. The van der Waals surface area contributed by atoms with Gasteiger partial charge in [-0.2, -0.15) is 0 Å². The molecule has 0 amide bonds. The maximum Gasteiger partial charge on any atom is 0.192 e. The predicted molar refractivity (Wildman–Crippen MR) is 119 cm³/mol. The summed E-state index contributed by atoms with van der Waals surface area (Å²) in [4.78, 5) is 18.6. The minimum Gasteiger partial charge on any atom is -0.507 e. The molecule has 1 aromatic carbocycles. The van der Waals surface area contributed by atoms with Crippen molar-refractivity contribution in [3.63, 3.8) is 0 Å². The monoisotopic (exact) mass is 439 g/mol. The number of aromatic nitrogens is 3. The molecule has 2 fully saturated rings. The number of benzene rings is 1. The largest absolute Gasteiger partial charge is 0.507 e. The SMILES string of the molecule is CCc1cc(=O)c2cc(-c3ncc(N(C)[C@H]4CC5CCCC(N5)[C@H]4F)nn3)c(O)cc2o1. The quantitative estimate of drug-likeness (QED) is 0.639. The summed E-state index contributed by atoms with van der Waals surface area (Å²) < 4.78 is 20.7. The van der Waals surface area contributed by atoms with E-state index in [1.54, 1.807) is 0 Å². The van der Waals surface area contributed by atoms with Crippen LogP contribution in [0.2, 0.25) is 0 Å². The molecule has 3 aromatic rings. The van der Waals surface area contributed by atoms with Crippen molar-refractivity contribution in [2.45, 2.75) is 63.3 Å². The molecule has 2 bridgehead atoms. The van der Waals surface area contributed by atoms with Gasteiger partial charge in [0.05, 0.1) is 23.2 Å². The van der Waals surface area contributed by atoms with Crippen LogP contribution in [0.4, 0.5) is 10.2 Å². The summed E-state index contributed by atoms with van der Waals surface area (Å²) in [5.41, 5.74) is 0.403. The first kappa shape index (κ1) is 20.8. The van der Waals surface area contributed by atoms with Gasteiger partial charge in [0, 0.05) is 37.7 Å². The van der Waals surface area contributed by atoms with E-state index < -0.39 is 6.17 Å². The van der Waals surface area contributed by atoms with Gasteiger partial charge < -0.3 is 19.7 Å². The first-order chi connectivity index (χ1) is 15.4. The number of rotatable bonds is 4. The molecule has 8 nitrogen and oxygen atoms in total. The second-order valence-corrected chi connectivity index (χ2v) is 8.70. The number of anilines is 1. The van der Waals surface area contributed by atoms with E-state index in [2.05, 4.69) is 20.5 Å². The molecule has 4 atom stereocenters. The summed E-state index contributed by atoms with van der Waals surface area (Å²) in [5, 5.41) is 22.6. The molecule has 0 saturated carbocycles. The number of piperidine rings is 2. The predicted octanol–water partition coefficient (Wildman–Crippen LogP) is 2.97. The van der Waals surface area contributed by atoms with Crippen molar-refractivity contribution >= 4 is 16.8 Å². The fourth-order valence-corrected chi connectivity index (χ4v) is 4.87. The molecule has 2 unspecified atom stereocenters. The third kappa shape index (κ3) is 3.60. The van der Waals surface area contributed by atoms with Gasteiger partial charge in [-0.15, -0.1) is 10.2 Å². The van der Waals surface area contributed by atoms with Crippen LogP contribution < -0.4 is 15.6 Å². The Labute approximate surface area is 184 Å². The molecule has 0 aliphatic carbocycles.